The average molecular weight is 493 g/mol. The molecule has 0 fully saturated rings. The summed E-state index contributed by atoms with van der Waals surface area (Å²) in [7, 11) is 0. The minimum absolute atomic E-state index is 0.251. The van der Waals surface area contributed by atoms with Gasteiger partial charge in [-0.2, -0.15) is 26.3 Å². The molecular formula is C24H17F6N3S. The van der Waals surface area contributed by atoms with Gasteiger partial charge in [0, 0.05) is 12.2 Å². The van der Waals surface area contributed by atoms with E-state index in [1.165, 1.54) is 36.0 Å². The van der Waals surface area contributed by atoms with Gasteiger partial charge in [0.25, 0.3) is 0 Å². The fraction of sp³-hybridized carbons (Fsp3) is 0.167. The fourth-order valence-electron chi connectivity index (χ4n) is 3.31. The summed E-state index contributed by atoms with van der Waals surface area (Å²) in [6.45, 7) is 0. The topological polar surface area (TPSA) is 30.7 Å². The average Bonchev–Trinajstić information content (AvgIpc) is 3.20. The Bertz CT molecular complexity index is 1250. The van der Waals surface area contributed by atoms with Gasteiger partial charge in [-0.3, -0.25) is 4.57 Å². The summed E-state index contributed by atoms with van der Waals surface area (Å²) < 4.78 is 79.9. The van der Waals surface area contributed by atoms with Crippen LogP contribution in [0, 0.1) is 0 Å². The summed E-state index contributed by atoms with van der Waals surface area (Å²) in [5, 5.41) is 8.71. The Kier molecular flexibility index (Phi) is 6.70. The highest BCUT2D eigenvalue weighted by atomic mass is 32.2. The van der Waals surface area contributed by atoms with Gasteiger partial charge in [0.05, 0.1) is 16.8 Å². The van der Waals surface area contributed by atoms with Crippen LogP contribution < -0.4 is 0 Å². The molecular weight excluding hydrogens is 476 g/mol. The van der Waals surface area contributed by atoms with E-state index in [-0.39, 0.29) is 11.4 Å². The Hall–Kier alpha value is -3.27. The van der Waals surface area contributed by atoms with Crippen molar-refractivity contribution in [3.63, 3.8) is 0 Å². The Morgan fingerprint density at radius 1 is 0.676 bits per heavy atom. The smallest absolute Gasteiger partial charge is 0.274 e. The van der Waals surface area contributed by atoms with Gasteiger partial charge in [-0.1, -0.05) is 60.3 Å². The molecule has 0 radical (unpaired) electrons. The normalized spacial score (nSPS) is 12.2. The largest absolute Gasteiger partial charge is 0.416 e. The molecule has 0 unspecified atom stereocenters. The van der Waals surface area contributed by atoms with Crippen LogP contribution in [0.1, 0.15) is 28.1 Å². The molecule has 4 rings (SSSR count). The molecule has 0 aliphatic rings. The lowest BCUT2D eigenvalue weighted by Gasteiger charge is -2.13. The molecule has 0 amide bonds. The van der Waals surface area contributed by atoms with Crippen molar-refractivity contribution in [3.05, 3.63) is 107 Å². The lowest BCUT2D eigenvalue weighted by Crippen LogP contribution is -2.08. The molecule has 176 valence electrons. The highest BCUT2D eigenvalue weighted by Crippen LogP contribution is 2.33. The molecule has 10 heteroatoms. The van der Waals surface area contributed by atoms with E-state index in [4.69, 9.17) is 0 Å². The van der Waals surface area contributed by atoms with Crippen molar-refractivity contribution in [1.29, 1.82) is 0 Å². The van der Waals surface area contributed by atoms with Crippen molar-refractivity contribution in [3.8, 4) is 5.69 Å². The summed E-state index contributed by atoms with van der Waals surface area (Å²) in [6.07, 6.45) is -8.61. The molecule has 0 aliphatic heterocycles. The molecule has 3 aromatic carbocycles. The second-order valence-electron chi connectivity index (χ2n) is 7.43. The van der Waals surface area contributed by atoms with Gasteiger partial charge in [0.2, 0.25) is 0 Å². The van der Waals surface area contributed by atoms with E-state index in [2.05, 4.69) is 10.2 Å². The van der Waals surface area contributed by atoms with Crippen molar-refractivity contribution in [2.24, 2.45) is 0 Å². The van der Waals surface area contributed by atoms with Crippen molar-refractivity contribution in [2.75, 3.05) is 0 Å². The molecule has 0 N–H and O–H groups in total. The number of nitrogens with zero attached hydrogens (tertiary/aromatic N) is 3. The van der Waals surface area contributed by atoms with E-state index in [9.17, 15) is 26.3 Å². The van der Waals surface area contributed by atoms with Crippen LogP contribution >= 0.6 is 11.8 Å². The monoisotopic (exact) mass is 493 g/mol. The van der Waals surface area contributed by atoms with E-state index in [0.717, 1.165) is 29.8 Å². The van der Waals surface area contributed by atoms with Gasteiger partial charge in [-0.25, -0.2) is 0 Å². The van der Waals surface area contributed by atoms with Crippen LogP contribution in [0.5, 0.6) is 0 Å². The first kappa shape index (κ1) is 23.9. The van der Waals surface area contributed by atoms with Gasteiger partial charge in [-0.05, 0) is 41.5 Å². The summed E-state index contributed by atoms with van der Waals surface area (Å²) in [5.74, 6) is 0.709. The third kappa shape index (κ3) is 5.61. The maximum absolute atomic E-state index is 13.3. The lowest BCUT2D eigenvalue weighted by molar-refractivity contribution is -0.138. The molecule has 1 heterocycles. The van der Waals surface area contributed by atoms with Gasteiger partial charge >= 0.3 is 12.4 Å². The molecule has 0 aliphatic carbocycles. The summed E-state index contributed by atoms with van der Waals surface area (Å²) >= 11 is 1.18. The van der Waals surface area contributed by atoms with Crippen LogP contribution in [0.4, 0.5) is 26.3 Å². The van der Waals surface area contributed by atoms with E-state index in [1.54, 1.807) is 4.57 Å². The lowest BCUT2D eigenvalue weighted by atomic mass is 10.1. The number of alkyl halides is 6. The third-order valence-electron chi connectivity index (χ3n) is 4.99. The van der Waals surface area contributed by atoms with Gasteiger partial charge in [0.15, 0.2) is 5.16 Å². The standard InChI is InChI=1S/C24H17F6N3S/c25-23(26,27)18-11-9-17(10-12-18)15-34-22-32-31-21(13-16-5-2-1-3-6-16)33(22)20-8-4-7-19(14-20)24(28,29)30/h1-12,14H,13,15H2. The summed E-state index contributed by atoms with van der Waals surface area (Å²) in [4.78, 5) is 0. The van der Waals surface area contributed by atoms with E-state index < -0.39 is 23.5 Å². The number of thioether (sulfide) groups is 1. The van der Waals surface area contributed by atoms with Gasteiger partial charge in [0.1, 0.15) is 5.82 Å². The molecule has 0 saturated carbocycles. The molecule has 0 spiro atoms. The van der Waals surface area contributed by atoms with Crippen LogP contribution in [0.3, 0.4) is 0 Å². The zero-order valence-electron chi connectivity index (χ0n) is 17.4. The minimum atomic E-state index is -4.52. The highest BCUT2D eigenvalue weighted by Gasteiger charge is 2.31. The summed E-state index contributed by atoms with van der Waals surface area (Å²) in [6, 6.07) is 18.9. The Morgan fingerprint density at radius 2 is 1.35 bits per heavy atom. The van der Waals surface area contributed by atoms with E-state index in [0.29, 0.717) is 23.0 Å². The quantitative estimate of drug-likeness (QED) is 0.210. The molecule has 4 aromatic rings. The maximum Gasteiger partial charge on any atom is 0.416 e. The minimum Gasteiger partial charge on any atom is -0.274 e. The first-order valence-electron chi connectivity index (χ1n) is 10.1. The maximum atomic E-state index is 13.3. The number of hydrogen-bond acceptors (Lipinski definition) is 3. The first-order valence-corrected chi connectivity index (χ1v) is 11.0. The van der Waals surface area contributed by atoms with Crippen molar-refractivity contribution in [2.45, 2.75) is 29.7 Å². The molecule has 0 saturated heterocycles. The zero-order chi connectivity index (χ0) is 24.3. The molecule has 1 aromatic heterocycles. The molecule has 0 bridgehead atoms. The van der Waals surface area contributed by atoms with Crippen LogP contribution in [-0.2, 0) is 24.5 Å². The van der Waals surface area contributed by atoms with Crippen LogP contribution in [0.15, 0.2) is 84.0 Å². The van der Waals surface area contributed by atoms with Crippen molar-refractivity contribution in [1.82, 2.24) is 14.8 Å². The third-order valence-corrected chi connectivity index (χ3v) is 5.99. The predicted molar refractivity (Wildman–Crippen MR) is 117 cm³/mol. The second kappa shape index (κ2) is 9.54. The fourth-order valence-corrected chi connectivity index (χ4v) is 4.23. The van der Waals surface area contributed by atoms with Crippen LogP contribution in [0.25, 0.3) is 5.69 Å². The van der Waals surface area contributed by atoms with Crippen molar-refractivity contribution >= 4 is 11.8 Å². The summed E-state index contributed by atoms with van der Waals surface area (Å²) in [5.41, 5.74) is 0.214. The van der Waals surface area contributed by atoms with Crippen LogP contribution in [-0.4, -0.2) is 14.8 Å². The number of halogens is 6. The SMILES string of the molecule is FC(F)(F)c1ccc(CSc2nnc(Cc3ccccc3)n2-c2cccc(C(F)(F)F)c2)cc1. The van der Waals surface area contributed by atoms with Crippen LogP contribution in [0.2, 0.25) is 0 Å². The van der Waals surface area contributed by atoms with E-state index in [1.807, 2.05) is 30.3 Å². The Morgan fingerprint density at radius 3 is 2.00 bits per heavy atom. The first-order chi connectivity index (χ1) is 16.1. The molecule has 34 heavy (non-hydrogen) atoms. The number of aromatic nitrogens is 3. The van der Waals surface area contributed by atoms with Crippen molar-refractivity contribution < 1.29 is 26.3 Å². The zero-order valence-corrected chi connectivity index (χ0v) is 18.3. The Balaban J connectivity index is 1.66. The van der Waals surface area contributed by atoms with E-state index >= 15 is 0 Å². The van der Waals surface area contributed by atoms with Gasteiger partial charge in [-0.15, -0.1) is 10.2 Å². The predicted octanol–water partition coefficient (Wildman–Crippen LogP) is 7.19. The second-order valence-corrected chi connectivity index (χ2v) is 8.37. The highest BCUT2D eigenvalue weighted by molar-refractivity contribution is 7.98. The number of hydrogen-bond donors (Lipinski definition) is 0. The number of benzene rings is 3. The number of rotatable bonds is 6. The Labute approximate surface area is 195 Å². The molecule has 3 nitrogen and oxygen atoms in total. The van der Waals surface area contributed by atoms with Gasteiger partial charge < -0.3 is 0 Å². The molecule has 0 atom stereocenters.